The topological polar surface area (TPSA) is 18.5 Å². The van der Waals surface area contributed by atoms with Crippen molar-refractivity contribution in [3.63, 3.8) is 0 Å². The largest absolute Gasteiger partial charge is 0.497 e. The summed E-state index contributed by atoms with van der Waals surface area (Å²) >= 11 is 0. The minimum absolute atomic E-state index is 0.348. The monoisotopic (exact) mass is 178 g/mol. The fourth-order valence-corrected chi connectivity index (χ4v) is 1.66. The van der Waals surface area contributed by atoms with Crippen molar-refractivity contribution in [2.45, 2.75) is 26.1 Å². The molecule has 1 heterocycles. The number of rotatable bonds is 1. The van der Waals surface area contributed by atoms with Crippen LogP contribution in [0, 0.1) is 0 Å². The van der Waals surface area contributed by atoms with Crippen LogP contribution in [0.5, 0.6) is 5.75 Å². The van der Waals surface area contributed by atoms with E-state index in [-0.39, 0.29) is 0 Å². The summed E-state index contributed by atoms with van der Waals surface area (Å²) in [7, 11) is 1.69. The molecule has 0 spiro atoms. The van der Waals surface area contributed by atoms with Crippen molar-refractivity contribution >= 4 is 0 Å². The van der Waals surface area contributed by atoms with Crippen molar-refractivity contribution in [2.75, 3.05) is 7.11 Å². The van der Waals surface area contributed by atoms with Crippen molar-refractivity contribution in [1.82, 2.24) is 0 Å². The molecule has 0 fully saturated rings. The summed E-state index contributed by atoms with van der Waals surface area (Å²) < 4.78 is 10.7. The first-order valence-corrected chi connectivity index (χ1v) is 4.57. The van der Waals surface area contributed by atoms with Crippen LogP contribution >= 0.6 is 0 Å². The normalized spacial score (nSPS) is 20.9. The van der Waals surface area contributed by atoms with Crippen molar-refractivity contribution in [3.8, 4) is 5.75 Å². The van der Waals surface area contributed by atoms with Crippen molar-refractivity contribution in [1.29, 1.82) is 0 Å². The van der Waals surface area contributed by atoms with E-state index in [0.717, 1.165) is 12.2 Å². The number of benzene rings is 1. The van der Waals surface area contributed by atoms with E-state index >= 15 is 0 Å². The van der Waals surface area contributed by atoms with Crippen molar-refractivity contribution in [2.24, 2.45) is 0 Å². The van der Waals surface area contributed by atoms with Gasteiger partial charge in [-0.2, -0.15) is 0 Å². The van der Waals surface area contributed by atoms with Crippen LogP contribution in [0.2, 0.25) is 0 Å². The van der Waals surface area contributed by atoms with E-state index in [4.69, 9.17) is 9.47 Å². The first-order chi connectivity index (χ1) is 6.29. The Bertz CT molecular complexity index is 307. The Morgan fingerprint density at radius 3 is 3.00 bits per heavy atom. The van der Waals surface area contributed by atoms with E-state index < -0.39 is 0 Å². The Morgan fingerprint density at radius 1 is 1.38 bits per heavy atom. The first-order valence-electron chi connectivity index (χ1n) is 4.57. The lowest BCUT2D eigenvalue weighted by molar-refractivity contribution is 0.0409. The third kappa shape index (κ3) is 1.68. The zero-order valence-corrected chi connectivity index (χ0v) is 8.04. The van der Waals surface area contributed by atoms with Crippen LogP contribution in [0.1, 0.15) is 18.1 Å². The quantitative estimate of drug-likeness (QED) is 0.656. The van der Waals surface area contributed by atoms with Crippen LogP contribution in [-0.2, 0) is 17.8 Å². The van der Waals surface area contributed by atoms with Gasteiger partial charge in [-0.05, 0) is 36.6 Å². The summed E-state index contributed by atoms with van der Waals surface area (Å²) in [6, 6.07) is 6.20. The van der Waals surface area contributed by atoms with Gasteiger partial charge in [-0.25, -0.2) is 0 Å². The molecular formula is C11H14O2. The van der Waals surface area contributed by atoms with Crippen LogP contribution in [0.3, 0.4) is 0 Å². The molecule has 2 nitrogen and oxygen atoms in total. The molecule has 0 radical (unpaired) electrons. The lowest BCUT2D eigenvalue weighted by atomic mass is 10.00. The third-order valence-corrected chi connectivity index (χ3v) is 2.44. The van der Waals surface area contributed by atoms with Gasteiger partial charge in [0, 0.05) is 0 Å². The van der Waals surface area contributed by atoms with Crippen LogP contribution in [-0.4, -0.2) is 13.2 Å². The van der Waals surface area contributed by atoms with Crippen molar-refractivity contribution < 1.29 is 9.47 Å². The summed E-state index contributed by atoms with van der Waals surface area (Å²) in [6.07, 6.45) is 1.36. The zero-order valence-electron chi connectivity index (χ0n) is 8.04. The second-order valence-electron chi connectivity index (χ2n) is 3.46. The van der Waals surface area contributed by atoms with Gasteiger partial charge in [-0.1, -0.05) is 6.07 Å². The number of methoxy groups -OCH3 is 1. The molecule has 0 bridgehead atoms. The SMILES string of the molecule is COc1ccc2c(c1)COC(C)C2. The van der Waals surface area contributed by atoms with Gasteiger partial charge in [0.25, 0.3) is 0 Å². The molecule has 1 aliphatic rings. The van der Waals surface area contributed by atoms with Gasteiger partial charge in [-0.15, -0.1) is 0 Å². The number of hydrogen-bond donors (Lipinski definition) is 0. The maximum Gasteiger partial charge on any atom is 0.119 e. The Labute approximate surface area is 78.5 Å². The van der Waals surface area contributed by atoms with Gasteiger partial charge < -0.3 is 9.47 Å². The Hall–Kier alpha value is -1.02. The molecule has 2 heteroatoms. The van der Waals surface area contributed by atoms with E-state index in [0.29, 0.717) is 12.7 Å². The fraction of sp³-hybridized carbons (Fsp3) is 0.455. The molecule has 1 atom stereocenters. The van der Waals surface area contributed by atoms with Crippen LogP contribution < -0.4 is 4.74 Å². The standard InChI is InChI=1S/C11H14O2/c1-8-5-9-3-4-11(12-2)6-10(9)7-13-8/h3-4,6,8H,5,7H2,1-2H3. The summed E-state index contributed by atoms with van der Waals surface area (Å²) in [5.41, 5.74) is 2.65. The maximum absolute atomic E-state index is 5.55. The Morgan fingerprint density at radius 2 is 2.23 bits per heavy atom. The average Bonchev–Trinajstić information content (AvgIpc) is 2.17. The molecule has 1 aromatic carbocycles. The maximum atomic E-state index is 5.55. The first kappa shape index (κ1) is 8.57. The predicted molar refractivity (Wildman–Crippen MR) is 50.9 cm³/mol. The molecule has 0 aromatic heterocycles. The van der Waals surface area contributed by atoms with E-state index in [9.17, 15) is 0 Å². The summed E-state index contributed by atoms with van der Waals surface area (Å²) in [6.45, 7) is 2.82. The van der Waals surface area contributed by atoms with Crippen LogP contribution in [0.4, 0.5) is 0 Å². The minimum Gasteiger partial charge on any atom is -0.497 e. The van der Waals surface area contributed by atoms with Gasteiger partial charge in [0.1, 0.15) is 5.75 Å². The van der Waals surface area contributed by atoms with E-state index in [2.05, 4.69) is 19.1 Å². The molecule has 1 unspecified atom stereocenters. The van der Waals surface area contributed by atoms with Gasteiger partial charge in [0.15, 0.2) is 0 Å². The summed E-state index contributed by atoms with van der Waals surface area (Å²) in [4.78, 5) is 0. The highest BCUT2D eigenvalue weighted by Gasteiger charge is 2.15. The van der Waals surface area contributed by atoms with Gasteiger partial charge in [0.05, 0.1) is 19.8 Å². The molecule has 0 saturated carbocycles. The minimum atomic E-state index is 0.348. The number of hydrogen-bond acceptors (Lipinski definition) is 2. The summed E-state index contributed by atoms with van der Waals surface area (Å²) in [5.74, 6) is 0.914. The molecule has 1 aromatic rings. The van der Waals surface area contributed by atoms with E-state index in [1.54, 1.807) is 7.11 Å². The van der Waals surface area contributed by atoms with Crippen LogP contribution in [0.25, 0.3) is 0 Å². The van der Waals surface area contributed by atoms with Gasteiger partial charge >= 0.3 is 0 Å². The highest BCUT2D eigenvalue weighted by atomic mass is 16.5. The van der Waals surface area contributed by atoms with E-state index in [1.807, 2.05) is 6.07 Å². The lowest BCUT2D eigenvalue weighted by Crippen LogP contribution is -2.18. The van der Waals surface area contributed by atoms with Crippen molar-refractivity contribution in [3.05, 3.63) is 29.3 Å². The van der Waals surface area contributed by atoms with Gasteiger partial charge in [0.2, 0.25) is 0 Å². The zero-order chi connectivity index (χ0) is 9.26. The lowest BCUT2D eigenvalue weighted by Gasteiger charge is -2.22. The number of ether oxygens (including phenoxy) is 2. The highest BCUT2D eigenvalue weighted by Crippen LogP contribution is 2.24. The molecular weight excluding hydrogens is 164 g/mol. The van der Waals surface area contributed by atoms with Crippen LogP contribution in [0.15, 0.2) is 18.2 Å². The average molecular weight is 178 g/mol. The number of fused-ring (bicyclic) bond motifs is 1. The summed E-state index contributed by atoms with van der Waals surface area (Å²) in [5, 5.41) is 0. The fourth-order valence-electron chi connectivity index (χ4n) is 1.66. The molecule has 0 saturated heterocycles. The molecule has 1 aliphatic heterocycles. The van der Waals surface area contributed by atoms with Gasteiger partial charge in [-0.3, -0.25) is 0 Å². The second-order valence-corrected chi connectivity index (χ2v) is 3.46. The molecule has 13 heavy (non-hydrogen) atoms. The molecule has 0 N–H and O–H groups in total. The Kier molecular flexibility index (Phi) is 2.23. The second kappa shape index (κ2) is 3.38. The molecule has 0 aliphatic carbocycles. The predicted octanol–water partition coefficient (Wildman–Crippen LogP) is 2.16. The van der Waals surface area contributed by atoms with E-state index in [1.165, 1.54) is 11.1 Å². The third-order valence-electron chi connectivity index (χ3n) is 2.44. The molecule has 0 amide bonds. The molecule has 70 valence electrons. The Balaban J connectivity index is 2.31. The molecule has 2 rings (SSSR count). The highest BCUT2D eigenvalue weighted by molar-refractivity contribution is 5.36. The smallest absolute Gasteiger partial charge is 0.119 e.